The van der Waals surface area contributed by atoms with Crippen molar-refractivity contribution in [2.24, 2.45) is 10.4 Å². The second-order valence-corrected chi connectivity index (χ2v) is 7.19. The summed E-state index contributed by atoms with van der Waals surface area (Å²) >= 11 is 0. The van der Waals surface area contributed by atoms with E-state index in [-0.39, 0.29) is 24.0 Å². The van der Waals surface area contributed by atoms with Gasteiger partial charge in [0, 0.05) is 39.1 Å². The lowest BCUT2D eigenvalue weighted by Crippen LogP contribution is -2.40. The van der Waals surface area contributed by atoms with E-state index in [4.69, 9.17) is 0 Å². The molecule has 1 fully saturated rings. The second-order valence-electron chi connectivity index (χ2n) is 7.19. The Hall–Kier alpha value is -1.57. The molecule has 5 nitrogen and oxygen atoms in total. The molecule has 0 saturated carbocycles. The number of hydrogen-bond donors (Lipinski definition) is 1. The summed E-state index contributed by atoms with van der Waals surface area (Å²) in [7, 11) is 1.85. The number of hydrogen-bond acceptors (Lipinski definition) is 2. The molecule has 1 aromatic heterocycles. The van der Waals surface area contributed by atoms with Crippen LogP contribution in [0.2, 0.25) is 0 Å². The first-order valence-corrected chi connectivity index (χ1v) is 8.57. The third kappa shape index (κ3) is 5.20. The van der Waals surface area contributed by atoms with Crippen molar-refractivity contribution in [3.8, 4) is 0 Å². The lowest BCUT2D eigenvalue weighted by molar-refractivity contribution is 0.369. The number of nitrogens with zero attached hydrogens (tertiary/aromatic N) is 4. The molecule has 0 spiro atoms. The topological polar surface area (TPSA) is 45.5 Å². The number of imidazole rings is 1. The van der Waals surface area contributed by atoms with Crippen molar-refractivity contribution in [3.63, 3.8) is 0 Å². The molecule has 2 heterocycles. The van der Waals surface area contributed by atoms with Crippen LogP contribution in [-0.4, -0.2) is 40.5 Å². The number of likely N-dealkylation sites (tertiary alicyclic amines) is 1. The molecule has 2 aromatic rings. The Morgan fingerprint density at radius 3 is 2.68 bits per heavy atom. The van der Waals surface area contributed by atoms with Crippen LogP contribution in [0, 0.1) is 5.41 Å². The fraction of sp³-hybridized carbons (Fsp3) is 0.474. The van der Waals surface area contributed by atoms with E-state index in [9.17, 15) is 0 Å². The molecule has 1 N–H and O–H groups in total. The van der Waals surface area contributed by atoms with Crippen LogP contribution in [0.3, 0.4) is 0 Å². The van der Waals surface area contributed by atoms with Gasteiger partial charge in [0.05, 0.1) is 6.54 Å². The highest BCUT2D eigenvalue weighted by atomic mass is 127. The van der Waals surface area contributed by atoms with Gasteiger partial charge in [0.2, 0.25) is 0 Å². The average molecular weight is 453 g/mol. The molecular weight excluding hydrogens is 425 g/mol. The van der Waals surface area contributed by atoms with Crippen molar-refractivity contribution in [2.75, 3.05) is 20.1 Å². The Bertz CT molecular complexity index is 693. The van der Waals surface area contributed by atoms with E-state index in [0.29, 0.717) is 12.0 Å². The zero-order valence-corrected chi connectivity index (χ0v) is 17.6. The molecule has 1 aliphatic heterocycles. The maximum atomic E-state index is 4.50. The van der Waals surface area contributed by atoms with Gasteiger partial charge in [-0.2, -0.15) is 0 Å². The van der Waals surface area contributed by atoms with Crippen LogP contribution in [0.15, 0.2) is 47.7 Å². The van der Waals surface area contributed by atoms with E-state index < -0.39 is 0 Å². The fourth-order valence-electron chi connectivity index (χ4n) is 3.21. The molecule has 136 valence electrons. The van der Waals surface area contributed by atoms with Gasteiger partial charge in [0.1, 0.15) is 5.82 Å². The molecule has 0 radical (unpaired) electrons. The van der Waals surface area contributed by atoms with Crippen molar-refractivity contribution >= 4 is 29.9 Å². The molecule has 3 rings (SSSR count). The zero-order chi connectivity index (χ0) is 17.0. The number of aromatic nitrogens is 2. The van der Waals surface area contributed by atoms with Crippen LogP contribution in [0.1, 0.15) is 31.7 Å². The quantitative estimate of drug-likeness (QED) is 0.439. The van der Waals surface area contributed by atoms with Crippen LogP contribution in [0.5, 0.6) is 0 Å². The molecule has 0 amide bonds. The molecule has 1 aliphatic rings. The van der Waals surface area contributed by atoms with Gasteiger partial charge < -0.3 is 14.8 Å². The molecule has 6 heteroatoms. The van der Waals surface area contributed by atoms with Crippen LogP contribution in [0.25, 0.3) is 0 Å². The Labute approximate surface area is 167 Å². The molecule has 0 aliphatic carbocycles. The largest absolute Gasteiger partial charge is 0.349 e. The maximum absolute atomic E-state index is 4.50. The summed E-state index contributed by atoms with van der Waals surface area (Å²) in [6.45, 7) is 8.26. The minimum atomic E-state index is 0. The maximum Gasteiger partial charge on any atom is 0.194 e. The lowest BCUT2D eigenvalue weighted by atomic mass is 9.93. The number of rotatable bonds is 4. The van der Waals surface area contributed by atoms with E-state index in [0.717, 1.165) is 31.4 Å². The van der Waals surface area contributed by atoms with E-state index in [2.05, 4.69) is 62.9 Å². The number of aliphatic imine (C=N–C) groups is 1. The van der Waals surface area contributed by atoms with Crippen molar-refractivity contribution in [3.05, 3.63) is 54.1 Å². The summed E-state index contributed by atoms with van der Waals surface area (Å²) in [5.41, 5.74) is 1.64. The van der Waals surface area contributed by atoms with E-state index in [1.807, 2.05) is 25.5 Å². The standard InChI is InChI=1S/C19H27N5.HI/c1-19(2)9-11-24(15-19)18(20-3)22-13-17-21-10-12-23(17)14-16-7-5-4-6-8-16;/h4-8,10,12H,9,11,13-15H2,1-3H3,(H,20,22);1H. The monoisotopic (exact) mass is 453 g/mol. The number of halogens is 1. The number of nitrogens with one attached hydrogen (secondary N) is 1. The van der Waals surface area contributed by atoms with Crippen LogP contribution >= 0.6 is 24.0 Å². The van der Waals surface area contributed by atoms with Gasteiger partial charge in [-0.05, 0) is 17.4 Å². The van der Waals surface area contributed by atoms with Crippen molar-refractivity contribution in [2.45, 2.75) is 33.4 Å². The summed E-state index contributed by atoms with van der Waals surface area (Å²) in [5.74, 6) is 1.99. The highest BCUT2D eigenvalue weighted by molar-refractivity contribution is 14.0. The number of guanidine groups is 1. The molecule has 0 atom stereocenters. The van der Waals surface area contributed by atoms with Gasteiger partial charge in [-0.15, -0.1) is 24.0 Å². The van der Waals surface area contributed by atoms with E-state index in [1.54, 1.807) is 0 Å². The fourth-order valence-corrected chi connectivity index (χ4v) is 3.21. The summed E-state index contributed by atoms with van der Waals surface area (Å²) in [5, 5.41) is 3.47. The SMILES string of the molecule is CN=C(NCc1nccn1Cc1ccccc1)N1CCC(C)(C)C1.I. The van der Waals surface area contributed by atoms with Gasteiger partial charge in [-0.1, -0.05) is 44.2 Å². The summed E-state index contributed by atoms with van der Waals surface area (Å²) in [6, 6.07) is 10.5. The van der Waals surface area contributed by atoms with Gasteiger partial charge in [-0.25, -0.2) is 4.98 Å². The van der Waals surface area contributed by atoms with Crippen LogP contribution in [-0.2, 0) is 13.1 Å². The van der Waals surface area contributed by atoms with Gasteiger partial charge in [-0.3, -0.25) is 4.99 Å². The predicted octanol–water partition coefficient (Wildman–Crippen LogP) is 3.36. The minimum absolute atomic E-state index is 0. The van der Waals surface area contributed by atoms with Gasteiger partial charge in [0.15, 0.2) is 5.96 Å². The van der Waals surface area contributed by atoms with Crippen LogP contribution in [0.4, 0.5) is 0 Å². The first-order chi connectivity index (χ1) is 11.6. The first-order valence-electron chi connectivity index (χ1n) is 8.57. The summed E-state index contributed by atoms with van der Waals surface area (Å²) in [6.07, 6.45) is 5.10. The highest BCUT2D eigenvalue weighted by Gasteiger charge is 2.30. The normalized spacial score (nSPS) is 16.6. The third-order valence-corrected chi connectivity index (χ3v) is 4.59. The number of benzene rings is 1. The third-order valence-electron chi connectivity index (χ3n) is 4.59. The molecule has 0 bridgehead atoms. The Morgan fingerprint density at radius 1 is 1.28 bits per heavy atom. The van der Waals surface area contributed by atoms with Crippen LogP contribution < -0.4 is 5.32 Å². The Morgan fingerprint density at radius 2 is 2.04 bits per heavy atom. The van der Waals surface area contributed by atoms with Crippen molar-refractivity contribution < 1.29 is 0 Å². The lowest BCUT2D eigenvalue weighted by Gasteiger charge is -2.23. The first kappa shape index (κ1) is 19.8. The average Bonchev–Trinajstić information content (AvgIpc) is 3.15. The minimum Gasteiger partial charge on any atom is -0.349 e. The molecular formula is C19H28IN5. The Balaban J connectivity index is 0.00000225. The second kappa shape index (κ2) is 8.69. The summed E-state index contributed by atoms with van der Waals surface area (Å²) < 4.78 is 2.18. The molecule has 25 heavy (non-hydrogen) atoms. The molecule has 1 saturated heterocycles. The van der Waals surface area contributed by atoms with E-state index in [1.165, 1.54) is 12.0 Å². The van der Waals surface area contributed by atoms with Crippen molar-refractivity contribution in [1.29, 1.82) is 0 Å². The highest BCUT2D eigenvalue weighted by Crippen LogP contribution is 2.28. The van der Waals surface area contributed by atoms with Crippen molar-refractivity contribution in [1.82, 2.24) is 19.8 Å². The Kier molecular flexibility index (Phi) is 6.87. The van der Waals surface area contributed by atoms with E-state index >= 15 is 0 Å². The predicted molar refractivity (Wildman–Crippen MR) is 113 cm³/mol. The molecule has 0 unspecified atom stereocenters. The van der Waals surface area contributed by atoms with Gasteiger partial charge >= 0.3 is 0 Å². The zero-order valence-electron chi connectivity index (χ0n) is 15.3. The smallest absolute Gasteiger partial charge is 0.194 e. The summed E-state index contributed by atoms with van der Waals surface area (Å²) in [4.78, 5) is 11.3. The van der Waals surface area contributed by atoms with Gasteiger partial charge in [0.25, 0.3) is 0 Å². The molecule has 1 aromatic carbocycles.